The van der Waals surface area contributed by atoms with Crippen LogP contribution in [0.25, 0.3) is 11.3 Å². The van der Waals surface area contributed by atoms with Crippen LogP contribution in [-0.2, 0) is 10.3 Å². The van der Waals surface area contributed by atoms with E-state index in [4.69, 9.17) is 4.74 Å². The van der Waals surface area contributed by atoms with E-state index in [1.54, 1.807) is 5.32 Å². The van der Waals surface area contributed by atoms with Crippen molar-refractivity contribution in [3.05, 3.63) is 75.5 Å². The van der Waals surface area contributed by atoms with E-state index in [1.165, 1.54) is 0 Å². The average Bonchev–Trinajstić information content (AvgIpc) is 3.30. The van der Waals surface area contributed by atoms with Gasteiger partial charge in [-0.1, -0.05) is 24.3 Å². The monoisotopic (exact) mass is 595 g/mol. The molecule has 0 fully saturated rings. The molecule has 1 unspecified atom stereocenters. The van der Waals surface area contributed by atoms with E-state index >= 15 is 4.39 Å². The van der Waals surface area contributed by atoms with Crippen molar-refractivity contribution in [2.24, 2.45) is 0 Å². The zero-order chi connectivity index (χ0) is 30.2. The van der Waals surface area contributed by atoms with Gasteiger partial charge in [-0.2, -0.15) is 31.0 Å². The fourth-order valence-electron chi connectivity index (χ4n) is 4.30. The third-order valence-electron chi connectivity index (χ3n) is 6.22. The maximum atomic E-state index is 15.2. The number of rotatable bonds is 8. The van der Waals surface area contributed by atoms with Crippen LogP contribution >= 0.6 is 0 Å². The standard InChI is InChI=1S/C24H18F9N5O3/c25-17-10-14(41-9-1-8-23(28,29)30)6-7-16(17)22(24(31,32)33)11-15(12-2-4-13(5-3-12)19(26)27)18(20(39)34-22)38-21(40)35-36-37-38/h2-7,10,19H,1,8-9,11H2,(H,34,39)(H,35,37,40). The molecule has 2 N–H and O–H groups in total. The van der Waals surface area contributed by atoms with E-state index in [0.29, 0.717) is 16.8 Å². The molecule has 17 heteroatoms. The van der Waals surface area contributed by atoms with Crippen molar-refractivity contribution in [3.63, 3.8) is 0 Å². The first-order chi connectivity index (χ1) is 19.1. The number of nitrogens with one attached hydrogen (secondary N) is 2. The highest BCUT2D eigenvalue weighted by atomic mass is 19.4. The lowest BCUT2D eigenvalue weighted by Gasteiger charge is -2.41. The van der Waals surface area contributed by atoms with Crippen LogP contribution in [0.3, 0.4) is 0 Å². The first-order valence-corrected chi connectivity index (χ1v) is 11.6. The van der Waals surface area contributed by atoms with Crippen LogP contribution in [-0.4, -0.2) is 45.1 Å². The maximum absolute atomic E-state index is 15.2. The van der Waals surface area contributed by atoms with Gasteiger partial charge in [-0.3, -0.25) is 4.79 Å². The fraction of sp³-hybridized carbons (Fsp3) is 0.333. The lowest BCUT2D eigenvalue weighted by molar-refractivity contribution is -0.202. The lowest BCUT2D eigenvalue weighted by Crippen LogP contribution is -2.59. The predicted molar refractivity (Wildman–Crippen MR) is 123 cm³/mol. The van der Waals surface area contributed by atoms with E-state index in [2.05, 4.69) is 10.4 Å². The van der Waals surface area contributed by atoms with Crippen LogP contribution in [0.5, 0.6) is 5.75 Å². The number of H-pyrrole nitrogens is 1. The molecular formula is C24H18F9N5O3. The summed E-state index contributed by atoms with van der Waals surface area (Å²) in [5, 5.41) is 10.2. The lowest BCUT2D eigenvalue weighted by atomic mass is 9.77. The van der Waals surface area contributed by atoms with Crippen molar-refractivity contribution in [1.29, 1.82) is 0 Å². The Morgan fingerprint density at radius 3 is 2.24 bits per heavy atom. The highest BCUT2D eigenvalue weighted by molar-refractivity contribution is 6.23. The van der Waals surface area contributed by atoms with Gasteiger partial charge in [-0.15, -0.1) is 0 Å². The van der Waals surface area contributed by atoms with Gasteiger partial charge in [0.2, 0.25) is 0 Å². The number of carbonyl (C=O) groups excluding carboxylic acids is 1. The van der Waals surface area contributed by atoms with Gasteiger partial charge in [0.25, 0.3) is 12.3 Å². The molecule has 0 bridgehead atoms. The Morgan fingerprint density at radius 1 is 1.02 bits per heavy atom. The Hall–Kier alpha value is -4.31. The van der Waals surface area contributed by atoms with Gasteiger partial charge in [0.05, 0.1) is 6.61 Å². The minimum absolute atomic E-state index is 0.173. The summed E-state index contributed by atoms with van der Waals surface area (Å²) in [6, 6.07) is 5.91. The Bertz CT molecular complexity index is 1510. The van der Waals surface area contributed by atoms with Gasteiger partial charge in [0, 0.05) is 30.0 Å². The summed E-state index contributed by atoms with van der Waals surface area (Å²) in [4.78, 5) is 25.4. The van der Waals surface area contributed by atoms with Crippen LogP contribution in [0.15, 0.2) is 47.3 Å². The van der Waals surface area contributed by atoms with Crippen LogP contribution < -0.4 is 15.7 Å². The van der Waals surface area contributed by atoms with Crippen LogP contribution in [0, 0.1) is 5.82 Å². The number of nitrogens with zero attached hydrogens (tertiary/aromatic N) is 3. The Morgan fingerprint density at radius 2 is 1.71 bits per heavy atom. The van der Waals surface area contributed by atoms with Gasteiger partial charge in [-0.25, -0.2) is 23.1 Å². The smallest absolute Gasteiger partial charge is 0.416 e. The van der Waals surface area contributed by atoms with Crippen LogP contribution in [0.4, 0.5) is 39.5 Å². The summed E-state index contributed by atoms with van der Waals surface area (Å²) in [6.07, 6.45) is -15.6. The van der Waals surface area contributed by atoms with Gasteiger partial charge in [-0.05, 0) is 40.1 Å². The van der Waals surface area contributed by atoms with Crippen molar-refractivity contribution in [1.82, 2.24) is 25.5 Å². The molecule has 0 aliphatic carbocycles. The molecule has 1 aliphatic heterocycles. The van der Waals surface area contributed by atoms with Crippen LogP contribution in [0.2, 0.25) is 0 Å². The number of alkyl halides is 8. The molecule has 220 valence electrons. The zero-order valence-electron chi connectivity index (χ0n) is 20.4. The van der Waals surface area contributed by atoms with Crippen molar-refractivity contribution in [3.8, 4) is 5.75 Å². The number of hydrogen-bond acceptors (Lipinski definition) is 5. The van der Waals surface area contributed by atoms with Crippen molar-refractivity contribution >= 4 is 17.2 Å². The normalized spacial score (nSPS) is 18.1. The molecule has 4 rings (SSSR count). The van der Waals surface area contributed by atoms with Crippen molar-refractivity contribution in [2.45, 2.75) is 43.6 Å². The summed E-state index contributed by atoms with van der Waals surface area (Å²) in [5.41, 5.74) is -7.46. The van der Waals surface area contributed by atoms with Crippen molar-refractivity contribution in [2.75, 3.05) is 6.61 Å². The van der Waals surface area contributed by atoms with Gasteiger partial charge < -0.3 is 10.1 Å². The van der Waals surface area contributed by atoms with Gasteiger partial charge >= 0.3 is 18.0 Å². The van der Waals surface area contributed by atoms with Crippen molar-refractivity contribution < 1.29 is 49.0 Å². The van der Waals surface area contributed by atoms with E-state index in [9.17, 15) is 44.7 Å². The molecule has 0 spiro atoms. The van der Waals surface area contributed by atoms with E-state index in [-0.39, 0.29) is 11.3 Å². The largest absolute Gasteiger partial charge is 0.493 e. The summed E-state index contributed by atoms with van der Waals surface area (Å²) < 4.78 is 128. The SMILES string of the molecule is O=C1NC(c2ccc(OCCCC(F)(F)F)cc2F)(C(F)(F)F)CC(c2ccc(C(F)F)cc2)=C1n1nn[nH]c1=O. The molecule has 0 saturated heterocycles. The number of tetrazole rings is 1. The average molecular weight is 595 g/mol. The number of amides is 1. The highest BCUT2D eigenvalue weighted by Crippen LogP contribution is 2.50. The molecule has 41 heavy (non-hydrogen) atoms. The second-order valence-electron chi connectivity index (χ2n) is 8.91. The Labute approximate surface area is 223 Å². The Balaban J connectivity index is 1.80. The number of benzene rings is 2. The molecule has 1 aromatic heterocycles. The van der Waals surface area contributed by atoms with Crippen LogP contribution in [0.1, 0.15) is 42.4 Å². The molecule has 1 atom stereocenters. The summed E-state index contributed by atoms with van der Waals surface area (Å²) in [7, 11) is 0. The zero-order valence-corrected chi connectivity index (χ0v) is 20.4. The molecule has 1 aliphatic rings. The van der Waals surface area contributed by atoms with E-state index in [1.807, 2.05) is 5.10 Å². The minimum Gasteiger partial charge on any atom is -0.493 e. The first-order valence-electron chi connectivity index (χ1n) is 11.6. The maximum Gasteiger partial charge on any atom is 0.416 e. The van der Waals surface area contributed by atoms with Gasteiger partial charge in [0.15, 0.2) is 5.54 Å². The highest BCUT2D eigenvalue weighted by Gasteiger charge is 2.61. The van der Waals surface area contributed by atoms with E-state index in [0.717, 1.165) is 30.3 Å². The summed E-state index contributed by atoms with van der Waals surface area (Å²) >= 11 is 0. The third kappa shape index (κ3) is 6.07. The summed E-state index contributed by atoms with van der Waals surface area (Å²) in [6.45, 7) is -0.503. The Kier molecular flexibility index (Phi) is 7.91. The number of aromatic amines is 1. The summed E-state index contributed by atoms with van der Waals surface area (Å²) in [5.74, 6) is -3.38. The molecule has 0 radical (unpaired) electrons. The quantitative estimate of drug-likeness (QED) is 0.279. The fourth-order valence-corrected chi connectivity index (χ4v) is 4.30. The van der Waals surface area contributed by atoms with Gasteiger partial charge in [0.1, 0.15) is 17.3 Å². The second-order valence-corrected chi connectivity index (χ2v) is 8.91. The first kappa shape index (κ1) is 29.7. The molecule has 3 aromatic rings. The van der Waals surface area contributed by atoms with E-state index < -0.39 is 90.0 Å². The molecule has 0 saturated carbocycles. The minimum atomic E-state index is -5.37. The predicted octanol–water partition coefficient (Wildman–Crippen LogP) is 5.11. The number of halogens is 9. The molecular weight excluding hydrogens is 577 g/mol. The number of aromatic nitrogens is 4. The topological polar surface area (TPSA) is 102 Å². The molecule has 8 nitrogen and oxygen atoms in total. The number of ether oxygens (including phenoxy) is 1. The number of hydrogen-bond donors (Lipinski definition) is 2. The molecule has 1 amide bonds. The molecule has 2 aromatic carbocycles. The second kappa shape index (κ2) is 10.9. The molecule has 2 heterocycles. The number of carbonyl (C=O) groups is 1. The third-order valence-corrected chi connectivity index (χ3v) is 6.22.